The lowest BCUT2D eigenvalue weighted by atomic mass is 10.0. The molecule has 138 valence electrons. The highest BCUT2D eigenvalue weighted by Crippen LogP contribution is 2.28. The molecule has 0 aliphatic heterocycles. The highest BCUT2D eigenvalue weighted by atomic mass is 35.5. The zero-order valence-corrected chi connectivity index (χ0v) is 16.0. The summed E-state index contributed by atoms with van der Waals surface area (Å²) in [6.07, 6.45) is 0.708. The Hall–Kier alpha value is -2.24. The number of hydrogen-bond donors (Lipinski definition) is 2. The maximum atomic E-state index is 12.1. The molecule has 0 heterocycles. The van der Waals surface area contributed by atoms with E-state index in [9.17, 15) is 9.59 Å². The van der Waals surface area contributed by atoms with Gasteiger partial charge in [0.2, 0.25) is 0 Å². The molecule has 1 amide bonds. The van der Waals surface area contributed by atoms with Gasteiger partial charge in [-0.3, -0.25) is 4.79 Å². The quantitative estimate of drug-likeness (QED) is 0.564. The minimum absolute atomic E-state index is 0.0286. The number of nitrogens with one attached hydrogen (secondary N) is 1. The number of carbonyl (C=O) groups is 2. The summed E-state index contributed by atoms with van der Waals surface area (Å²) in [5, 5.41) is 3.25. The predicted octanol–water partition coefficient (Wildman–Crippen LogP) is 4.31. The average molecular weight is 395 g/mol. The summed E-state index contributed by atoms with van der Waals surface area (Å²) in [7, 11) is 0. The maximum Gasteiger partial charge on any atom is 0.340 e. The van der Waals surface area contributed by atoms with E-state index in [2.05, 4.69) is 5.32 Å². The number of amides is 1. The molecule has 5 nitrogen and oxygen atoms in total. The number of esters is 1. The third kappa shape index (κ3) is 5.13. The standard InChI is InChI=1S/C19H20Cl2N2O3/c1-3-16(12-6-4-11(2)5-7-12)23-17(24)10-26-19(25)14-8-13(20)9-15(21)18(14)22/h4-9,16H,3,10,22H2,1-2H3,(H,23,24)/t16-/m0/s1. The molecule has 7 heteroatoms. The van der Waals surface area contributed by atoms with E-state index in [0.717, 1.165) is 11.1 Å². The molecular weight excluding hydrogens is 375 g/mol. The van der Waals surface area contributed by atoms with Crippen molar-refractivity contribution < 1.29 is 14.3 Å². The van der Waals surface area contributed by atoms with Gasteiger partial charge in [0.1, 0.15) is 0 Å². The minimum Gasteiger partial charge on any atom is -0.452 e. The number of anilines is 1. The normalized spacial score (nSPS) is 11.7. The number of halogens is 2. The van der Waals surface area contributed by atoms with E-state index >= 15 is 0 Å². The fraction of sp³-hybridized carbons (Fsp3) is 0.263. The molecule has 3 N–H and O–H groups in total. The van der Waals surface area contributed by atoms with Gasteiger partial charge in [-0.1, -0.05) is 60.0 Å². The Balaban J connectivity index is 1.97. The second kappa shape index (κ2) is 8.92. The maximum absolute atomic E-state index is 12.1. The summed E-state index contributed by atoms with van der Waals surface area (Å²) in [6.45, 7) is 3.53. The van der Waals surface area contributed by atoms with Crippen molar-refractivity contribution in [2.24, 2.45) is 0 Å². The molecule has 0 unspecified atom stereocenters. The van der Waals surface area contributed by atoms with Crippen LogP contribution in [0.15, 0.2) is 36.4 Å². The van der Waals surface area contributed by atoms with Gasteiger partial charge < -0.3 is 15.8 Å². The molecule has 1 atom stereocenters. The molecular formula is C19H20Cl2N2O3. The van der Waals surface area contributed by atoms with Crippen LogP contribution in [0, 0.1) is 6.92 Å². The Labute approximate surface area is 162 Å². The minimum atomic E-state index is -0.759. The number of nitrogen functional groups attached to an aromatic ring is 1. The van der Waals surface area contributed by atoms with Gasteiger partial charge in [0.25, 0.3) is 5.91 Å². The molecule has 26 heavy (non-hydrogen) atoms. The fourth-order valence-electron chi connectivity index (χ4n) is 2.42. The van der Waals surface area contributed by atoms with Crippen LogP contribution in [0.5, 0.6) is 0 Å². The summed E-state index contributed by atoms with van der Waals surface area (Å²) in [5.41, 5.74) is 7.98. The lowest BCUT2D eigenvalue weighted by molar-refractivity contribution is -0.125. The van der Waals surface area contributed by atoms with Crippen molar-refractivity contribution >= 4 is 40.8 Å². The molecule has 2 aromatic rings. The summed E-state index contributed by atoms with van der Waals surface area (Å²) < 4.78 is 5.03. The predicted molar refractivity (Wildman–Crippen MR) is 104 cm³/mol. The number of rotatable bonds is 6. The first-order valence-electron chi connectivity index (χ1n) is 8.09. The van der Waals surface area contributed by atoms with Gasteiger partial charge in [-0.2, -0.15) is 0 Å². The van der Waals surface area contributed by atoms with Crippen molar-refractivity contribution in [2.75, 3.05) is 12.3 Å². The van der Waals surface area contributed by atoms with Crippen molar-refractivity contribution in [3.05, 3.63) is 63.1 Å². The summed E-state index contributed by atoms with van der Waals surface area (Å²) in [5.74, 6) is -1.16. The van der Waals surface area contributed by atoms with Crippen LogP contribution in [-0.2, 0) is 9.53 Å². The van der Waals surface area contributed by atoms with Gasteiger partial charge in [0.05, 0.1) is 22.3 Å². The second-order valence-electron chi connectivity index (χ2n) is 5.86. The number of carbonyl (C=O) groups excluding carboxylic acids is 2. The van der Waals surface area contributed by atoms with Crippen molar-refractivity contribution in [3.63, 3.8) is 0 Å². The first kappa shape index (κ1) is 20.1. The lowest BCUT2D eigenvalue weighted by Crippen LogP contribution is -2.32. The molecule has 2 rings (SSSR count). The van der Waals surface area contributed by atoms with E-state index in [4.69, 9.17) is 33.7 Å². The summed E-state index contributed by atoms with van der Waals surface area (Å²) >= 11 is 11.8. The van der Waals surface area contributed by atoms with Gasteiger partial charge in [-0.05, 0) is 31.0 Å². The molecule has 0 aliphatic carbocycles. The Morgan fingerprint density at radius 1 is 1.19 bits per heavy atom. The molecule has 0 fully saturated rings. The molecule has 0 spiro atoms. The summed E-state index contributed by atoms with van der Waals surface area (Å²) in [4.78, 5) is 24.3. The van der Waals surface area contributed by atoms with Crippen LogP contribution in [0.2, 0.25) is 10.0 Å². The highest BCUT2D eigenvalue weighted by Gasteiger charge is 2.18. The van der Waals surface area contributed by atoms with Crippen molar-refractivity contribution in [3.8, 4) is 0 Å². The van der Waals surface area contributed by atoms with Gasteiger partial charge in [0, 0.05) is 5.02 Å². The Morgan fingerprint density at radius 3 is 2.46 bits per heavy atom. The van der Waals surface area contributed by atoms with Gasteiger partial charge in [0.15, 0.2) is 6.61 Å². The molecule has 0 radical (unpaired) electrons. The van der Waals surface area contributed by atoms with E-state index in [1.54, 1.807) is 0 Å². The SMILES string of the molecule is CC[C@H](NC(=O)COC(=O)c1cc(Cl)cc(Cl)c1N)c1ccc(C)cc1. The lowest BCUT2D eigenvalue weighted by Gasteiger charge is -2.18. The molecule has 0 aliphatic rings. The third-order valence-corrected chi connectivity index (χ3v) is 4.40. The van der Waals surface area contributed by atoms with Crippen LogP contribution < -0.4 is 11.1 Å². The van der Waals surface area contributed by atoms with Crippen LogP contribution in [0.3, 0.4) is 0 Å². The molecule has 2 aromatic carbocycles. The average Bonchev–Trinajstić information content (AvgIpc) is 2.61. The molecule has 0 aromatic heterocycles. The number of aryl methyl sites for hydroxylation is 1. The van der Waals surface area contributed by atoms with Crippen LogP contribution in [-0.4, -0.2) is 18.5 Å². The van der Waals surface area contributed by atoms with Crippen LogP contribution >= 0.6 is 23.2 Å². The van der Waals surface area contributed by atoms with Crippen molar-refractivity contribution in [1.29, 1.82) is 0 Å². The number of ether oxygens (including phenoxy) is 1. The fourth-order valence-corrected chi connectivity index (χ4v) is 2.91. The van der Waals surface area contributed by atoms with E-state index < -0.39 is 18.5 Å². The van der Waals surface area contributed by atoms with E-state index in [0.29, 0.717) is 6.42 Å². The third-order valence-electron chi connectivity index (χ3n) is 3.87. The zero-order valence-electron chi connectivity index (χ0n) is 14.5. The first-order valence-corrected chi connectivity index (χ1v) is 8.85. The Morgan fingerprint density at radius 2 is 1.85 bits per heavy atom. The largest absolute Gasteiger partial charge is 0.452 e. The Kier molecular flexibility index (Phi) is 6.89. The first-order chi connectivity index (χ1) is 12.3. The topological polar surface area (TPSA) is 81.4 Å². The van der Waals surface area contributed by atoms with Crippen LogP contribution in [0.4, 0.5) is 5.69 Å². The molecule has 0 bridgehead atoms. The van der Waals surface area contributed by atoms with Gasteiger partial charge in [-0.15, -0.1) is 0 Å². The van der Waals surface area contributed by atoms with Crippen molar-refractivity contribution in [2.45, 2.75) is 26.3 Å². The molecule has 0 saturated heterocycles. The van der Waals surface area contributed by atoms with E-state index in [-0.39, 0.29) is 27.3 Å². The monoisotopic (exact) mass is 394 g/mol. The zero-order chi connectivity index (χ0) is 19.3. The Bertz CT molecular complexity index is 807. The van der Waals surface area contributed by atoms with Crippen molar-refractivity contribution in [1.82, 2.24) is 5.32 Å². The van der Waals surface area contributed by atoms with Crippen LogP contribution in [0.25, 0.3) is 0 Å². The number of hydrogen-bond acceptors (Lipinski definition) is 4. The molecule has 0 saturated carbocycles. The van der Waals surface area contributed by atoms with Crippen LogP contribution in [0.1, 0.15) is 40.9 Å². The van der Waals surface area contributed by atoms with E-state index in [1.807, 2.05) is 38.1 Å². The number of benzene rings is 2. The van der Waals surface area contributed by atoms with Gasteiger partial charge >= 0.3 is 5.97 Å². The van der Waals surface area contributed by atoms with E-state index in [1.165, 1.54) is 12.1 Å². The second-order valence-corrected chi connectivity index (χ2v) is 6.71. The summed E-state index contributed by atoms with van der Waals surface area (Å²) in [6, 6.07) is 10.5. The smallest absolute Gasteiger partial charge is 0.340 e. The number of nitrogens with two attached hydrogens (primary N) is 1. The van der Waals surface area contributed by atoms with Gasteiger partial charge in [-0.25, -0.2) is 4.79 Å². The highest BCUT2D eigenvalue weighted by molar-refractivity contribution is 6.37.